The number of likely N-dealkylation sites (tertiary alicyclic amines) is 1. The maximum absolute atomic E-state index is 12.9. The normalized spacial score (nSPS) is 22.5. The molecule has 0 aromatic heterocycles. The van der Waals surface area contributed by atoms with Crippen molar-refractivity contribution in [3.8, 4) is 0 Å². The molecular weight excluding hydrogens is 396 g/mol. The number of nitrogens with zero attached hydrogens (tertiary/aromatic N) is 2. The van der Waals surface area contributed by atoms with E-state index in [0.29, 0.717) is 29.8 Å². The third kappa shape index (κ3) is 5.30. The Hall–Kier alpha value is -2.32. The lowest BCUT2D eigenvalue weighted by Crippen LogP contribution is -2.48. The Labute approximate surface area is 184 Å². The zero-order chi connectivity index (χ0) is 21.6. The molecule has 0 radical (unpaired) electrons. The monoisotopic (exact) mass is 430 g/mol. The molecule has 0 aliphatic carbocycles. The van der Waals surface area contributed by atoms with Crippen LogP contribution in [0.15, 0.2) is 18.2 Å². The molecule has 0 saturated carbocycles. The zero-order valence-electron chi connectivity index (χ0n) is 18.4. The summed E-state index contributed by atoms with van der Waals surface area (Å²) in [6, 6.07) is 5.42. The zero-order valence-corrected chi connectivity index (χ0v) is 18.4. The van der Waals surface area contributed by atoms with Crippen molar-refractivity contribution in [1.82, 2.24) is 10.2 Å². The second-order valence-electron chi connectivity index (χ2n) is 8.69. The summed E-state index contributed by atoms with van der Waals surface area (Å²) in [4.78, 5) is 29.6. The highest BCUT2D eigenvalue weighted by molar-refractivity contribution is 5.97. The fourth-order valence-corrected chi connectivity index (χ4v) is 5.00. The highest BCUT2D eigenvalue weighted by Gasteiger charge is 2.32. The Kier molecular flexibility index (Phi) is 7.29. The molecule has 3 fully saturated rings. The van der Waals surface area contributed by atoms with Gasteiger partial charge in [-0.15, -0.1) is 0 Å². The molecule has 0 spiro atoms. The van der Waals surface area contributed by atoms with Crippen molar-refractivity contribution in [3.63, 3.8) is 0 Å². The number of rotatable bonds is 7. The van der Waals surface area contributed by atoms with E-state index in [9.17, 15) is 9.59 Å². The van der Waals surface area contributed by atoms with Crippen molar-refractivity contribution in [2.24, 2.45) is 5.92 Å². The molecule has 2 amide bonds. The van der Waals surface area contributed by atoms with Crippen LogP contribution in [-0.4, -0.2) is 76.0 Å². The number of urea groups is 1. The van der Waals surface area contributed by atoms with Crippen LogP contribution in [0, 0.1) is 5.92 Å². The Morgan fingerprint density at radius 3 is 2.58 bits per heavy atom. The van der Waals surface area contributed by atoms with Crippen molar-refractivity contribution >= 4 is 23.4 Å². The lowest BCUT2D eigenvalue weighted by molar-refractivity contribution is 0.0600. The van der Waals surface area contributed by atoms with Gasteiger partial charge in [0.2, 0.25) is 0 Å². The number of carbonyl (C=O) groups is 2. The van der Waals surface area contributed by atoms with Gasteiger partial charge in [-0.05, 0) is 63.4 Å². The molecule has 3 saturated heterocycles. The topological polar surface area (TPSA) is 83.1 Å². The van der Waals surface area contributed by atoms with Crippen molar-refractivity contribution < 1.29 is 19.1 Å². The van der Waals surface area contributed by atoms with Gasteiger partial charge in [-0.1, -0.05) is 0 Å². The predicted molar refractivity (Wildman–Crippen MR) is 120 cm³/mol. The third-order valence-electron chi connectivity index (χ3n) is 6.70. The second-order valence-corrected chi connectivity index (χ2v) is 8.69. The summed E-state index contributed by atoms with van der Waals surface area (Å²) in [6.07, 6.45) is 5.74. The van der Waals surface area contributed by atoms with E-state index in [-0.39, 0.29) is 6.03 Å². The number of benzene rings is 1. The van der Waals surface area contributed by atoms with E-state index in [1.807, 2.05) is 6.07 Å². The molecule has 1 aromatic rings. The first-order chi connectivity index (χ1) is 15.2. The van der Waals surface area contributed by atoms with Crippen LogP contribution in [0.1, 0.15) is 42.5 Å². The number of nitrogens with one attached hydrogen (secondary N) is 2. The van der Waals surface area contributed by atoms with Crippen LogP contribution in [0.5, 0.6) is 0 Å². The molecule has 4 rings (SSSR count). The Morgan fingerprint density at radius 2 is 1.90 bits per heavy atom. The summed E-state index contributed by atoms with van der Waals surface area (Å²) in [5.41, 5.74) is 2.02. The summed E-state index contributed by atoms with van der Waals surface area (Å²) < 4.78 is 10.5. The molecule has 3 aliphatic rings. The first-order valence-corrected chi connectivity index (χ1v) is 11.5. The van der Waals surface area contributed by atoms with E-state index < -0.39 is 5.97 Å². The Bertz CT molecular complexity index is 753. The molecule has 1 aromatic carbocycles. The summed E-state index contributed by atoms with van der Waals surface area (Å²) in [6.45, 7) is 6.25. The molecule has 8 nitrogen and oxygen atoms in total. The fourth-order valence-electron chi connectivity index (χ4n) is 5.00. The van der Waals surface area contributed by atoms with Crippen LogP contribution in [0.2, 0.25) is 0 Å². The molecule has 3 heterocycles. The Balaban J connectivity index is 1.44. The molecule has 0 unspecified atom stereocenters. The Morgan fingerprint density at radius 1 is 1.16 bits per heavy atom. The van der Waals surface area contributed by atoms with Gasteiger partial charge in [-0.25, -0.2) is 9.59 Å². The summed E-state index contributed by atoms with van der Waals surface area (Å²) in [5.74, 6) is 0.0491. The number of amides is 2. The van der Waals surface area contributed by atoms with Gasteiger partial charge < -0.3 is 25.0 Å². The highest BCUT2D eigenvalue weighted by atomic mass is 16.5. The van der Waals surface area contributed by atoms with Gasteiger partial charge in [0.15, 0.2) is 0 Å². The number of ether oxygens (including phenoxy) is 2. The van der Waals surface area contributed by atoms with Crippen molar-refractivity contribution in [3.05, 3.63) is 23.8 Å². The van der Waals surface area contributed by atoms with Crippen molar-refractivity contribution in [2.75, 3.05) is 63.3 Å². The average Bonchev–Trinajstić information content (AvgIpc) is 3.57. The van der Waals surface area contributed by atoms with Crippen LogP contribution >= 0.6 is 0 Å². The van der Waals surface area contributed by atoms with Crippen molar-refractivity contribution in [1.29, 1.82) is 0 Å². The molecule has 2 atom stereocenters. The maximum atomic E-state index is 12.9. The molecule has 31 heavy (non-hydrogen) atoms. The molecular formula is C23H34N4O4. The third-order valence-corrected chi connectivity index (χ3v) is 6.70. The van der Waals surface area contributed by atoms with Crippen LogP contribution < -0.4 is 15.5 Å². The first kappa shape index (κ1) is 21.9. The smallest absolute Gasteiger partial charge is 0.337 e. The predicted octanol–water partition coefficient (Wildman–Crippen LogP) is 2.70. The summed E-state index contributed by atoms with van der Waals surface area (Å²) in [5, 5.41) is 6.08. The van der Waals surface area contributed by atoms with Crippen LogP contribution in [-0.2, 0) is 9.47 Å². The SMILES string of the molecule is COC(=O)c1ccc(N2CCCC2)c(NC(=O)NC[C@H]([C@@H]2CCOC2)N2CCCC2)c1. The largest absolute Gasteiger partial charge is 0.465 e. The quantitative estimate of drug-likeness (QED) is 0.647. The van der Waals surface area contributed by atoms with Gasteiger partial charge in [0.05, 0.1) is 30.7 Å². The minimum atomic E-state index is -0.410. The number of carbonyl (C=O) groups excluding carboxylic acids is 2. The fraction of sp³-hybridized carbons (Fsp3) is 0.652. The maximum Gasteiger partial charge on any atom is 0.337 e. The second kappa shape index (κ2) is 10.3. The minimum Gasteiger partial charge on any atom is -0.465 e. The van der Waals surface area contributed by atoms with E-state index in [2.05, 4.69) is 20.4 Å². The van der Waals surface area contributed by atoms with E-state index in [1.165, 1.54) is 20.0 Å². The lowest BCUT2D eigenvalue weighted by atomic mass is 9.97. The minimum absolute atomic E-state index is 0.245. The van der Waals surface area contributed by atoms with E-state index in [4.69, 9.17) is 9.47 Å². The number of methoxy groups -OCH3 is 1. The highest BCUT2D eigenvalue weighted by Crippen LogP contribution is 2.30. The van der Waals surface area contributed by atoms with Crippen LogP contribution in [0.4, 0.5) is 16.2 Å². The van der Waals surface area contributed by atoms with Gasteiger partial charge in [0.1, 0.15) is 0 Å². The van der Waals surface area contributed by atoms with Gasteiger partial charge in [-0.3, -0.25) is 4.90 Å². The lowest BCUT2D eigenvalue weighted by Gasteiger charge is -2.32. The number of esters is 1. The van der Waals surface area contributed by atoms with Gasteiger partial charge in [0.25, 0.3) is 0 Å². The molecule has 8 heteroatoms. The molecule has 170 valence electrons. The number of hydrogen-bond donors (Lipinski definition) is 2. The standard InChI is InChI=1S/C23H34N4O4/c1-30-22(28)17-6-7-20(26-9-2-3-10-26)19(14-17)25-23(29)24-15-21(18-8-13-31-16-18)27-11-4-5-12-27/h6-7,14,18,21H,2-5,8-13,15-16H2,1H3,(H2,24,25,29)/t18-,21-/m1/s1. The van der Waals surface area contributed by atoms with E-state index in [1.54, 1.807) is 12.1 Å². The molecule has 2 N–H and O–H groups in total. The van der Waals surface area contributed by atoms with E-state index in [0.717, 1.165) is 64.3 Å². The number of anilines is 2. The average molecular weight is 431 g/mol. The summed E-state index contributed by atoms with van der Waals surface area (Å²) in [7, 11) is 1.36. The van der Waals surface area contributed by atoms with E-state index >= 15 is 0 Å². The molecule has 0 bridgehead atoms. The first-order valence-electron chi connectivity index (χ1n) is 11.5. The van der Waals surface area contributed by atoms with Crippen LogP contribution in [0.25, 0.3) is 0 Å². The summed E-state index contributed by atoms with van der Waals surface area (Å²) >= 11 is 0. The van der Waals surface area contributed by atoms with Crippen LogP contribution in [0.3, 0.4) is 0 Å². The number of hydrogen-bond acceptors (Lipinski definition) is 6. The van der Waals surface area contributed by atoms with Gasteiger partial charge >= 0.3 is 12.0 Å². The van der Waals surface area contributed by atoms with Crippen molar-refractivity contribution in [2.45, 2.75) is 38.1 Å². The molecule has 3 aliphatic heterocycles. The van der Waals surface area contributed by atoms with Gasteiger partial charge in [-0.2, -0.15) is 0 Å². The van der Waals surface area contributed by atoms with Gasteiger partial charge in [0, 0.05) is 38.2 Å².